The molecule has 0 spiro atoms. The Morgan fingerprint density at radius 2 is 1.58 bits per heavy atom. The van der Waals surface area contributed by atoms with Crippen molar-refractivity contribution in [2.75, 3.05) is 7.11 Å². The van der Waals surface area contributed by atoms with Gasteiger partial charge in [-0.25, -0.2) is 4.79 Å². The molecule has 9 heteroatoms. The van der Waals surface area contributed by atoms with Crippen LogP contribution in [0.3, 0.4) is 0 Å². The number of thiophene rings is 2. The van der Waals surface area contributed by atoms with E-state index in [4.69, 9.17) is 33.7 Å². The number of ether oxygens (including phenoxy) is 1. The average Bonchev–Trinajstić information content (AvgIpc) is 3.17. The van der Waals surface area contributed by atoms with Gasteiger partial charge in [0.25, 0.3) is 0 Å². The fraction of sp³-hybridized carbons (Fsp3) is 0.200. The molecular weight excluding hydrogens is 391 g/mol. The molecule has 0 saturated heterocycles. The van der Waals surface area contributed by atoms with Gasteiger partial charge in [0, 0.05) is 17.7 Å². The second-order valence-corrected chi connectivity index (χ2v) is 6.43. The molecule has 2 rings (SSSR count). The molecule has 0 saturated carbocycles. The van der Waals surface area contributed by atoms with Crippen LogP contribution in [0.15, 0.2) is 22.9 Å². The van der Waals surface area contributed by atoms with Crippen molar-refractivity contribution in [3.05, 3.63) is 42.7 Å². The number of ketones is 1. The Balaban J connectivity index is 0.000000381. The minimum absolute atomic E-state index is 0.0726. The van der Waals surface area contributed by atoms with Crippen molar-refractivity contribution >= 4 is 57.6 Å². The van der Waals surface area contributed by atoms with Crippen LogP contribution in [0.1, 0.15) is 32.7 Å². The number of rotatable bonds is 3. The normalized spacial score (nSPS) is 8.42. The summed E-state index contributed by atoms with van der Waals surface area (Å²) in [5.41, 5.74) is 0. The number of carbonyl (C=O) groups is 2. The topological polar surface area (TPSA) is 90.9 Å². The number of nitriles is 2. The van der Waals surface area contributed by atoms with Crippen molar-refractivity contribution in [2.24, 2.45) is 0 Å². The van der Waals surface area contributed by atoms with Gasteiger partial charge in [0.15, 0.2) is 5.78 Å². The maximum Gasteiger partial charge on any atom is 0.348 e. The summed E-state index contributed by atoms with van der Waals surface area (Å²) < 4.78 is 4.46. The summed E-state index contributed by atoms with van der Waals surface area (Å²) in [6.07, 6.45) is -0.0726. The largest absolute Gasteiger partial charge is 0.465 e. The molecule has 126 valence electrons. The first-order chi connectivity index (χ1) is 11.4. The van der Waals surface area contributed by atoms with Crippen molar-refractivity contribution in [2.45, 2.75) is 13.3 Å². The molecule has 0 aliphatic carbocycles. The maximum absolute atomic E-state index is 11.0. The van der Waals surface area contributed by atoms with E-state index in [1.54, 1.807) is 35.0 Å². The van der Waals surface area contributed by atoms with Crippen molar-refractivity contribution in [1.29, 1.82) is 10.5 Å². The molecule has 24 heavy (non-hydrogen) atoms. The lowest BCUT2D eigenvalue weighted by atomic mass is 10.2. The third-order valence-corrected chi connectivity index (χ3v) is 4.61. The highest BCUT2D eigenvalue weighted by atomic mass is 35.5. The predicted octanol–water partition coefficient (Wildman–Crippen LogP) is 5.22. The van der Waals surface area contributed by atoms with Crippen LogP contribution in [-0.2, 0) is 4.74 Å². The standard InChI is InChI=1S/C7H4ClNOS.C6H5ClO2S.C2H3N/c8-5-3-7(11-4-5)6(10)1-2-9;1-9-6(8)5-2-4(7)3-10-5;1-2-3/h3-4H,1H2;2-3H,1H3;1H3. The van der Waals surface area contributed by atoms with E-state index in [0.29, 0.717) is 19.8 Å². The van der Waals surface area contributed by atoms with Gasteiger partial charge in [-0.2, -0.15) is 10.5 Å². The Hall–Kier alpha value is -1.90. The van der Waals surface area contributed by atoms with E-state index in [1.807, 2.05) is 0 Å². The van der Waals surface area contributed by atoms with Gasteiger partial charge in [0.05, 0.1) is 40.6 Å². The van der Waals surface area contributed by atoms with Crippen LogP contribution in [0.25, 0.3) is 0 Å². The molecule has 0 atom stereocenters. The molecule has 0 aromatic carbocycles. The van der Waals surface area contributed by atoms with E-state index in [9.17, 15) is 9.59 Å². The molecular formula is C15H12Cl2N2O3S2. The van der Waals surface area contributed by atoms with E-state index < -0.39 is 0 Å². The Kier molecular flexibility index (Phi) is 11.5. The second-order valence-electron chi connectivity index (χ2n) is 3.73. The molecule has 0 aliphatic rings. The van der Waals surface area contributed by atoms with Gasteiger partial charge in [-0.1, -0.05) is 23.2 Å². The van der Waals surface area contributed by atoms with E-state index in [1.165, 1.54) is 36.7 Å². The number of carbonyl (C=O) groups excluding carboxylic acids is 2. The molecule has 0 bridgehead atoms. The number of hydrogen-bond donors (Lipinski definition) is 0. The molecule has 5 nitrogen and oxygen atoms in total. The predicted molar refractivity (Wildman–Crippen MR) is 95.8 cm³/mol. The first kappa shape index (κ1) is 22.1. The van der Waals surface area contributed by atoms with E-state index >= 15 is 0 Å². The van der Waals surface area contributed by atoms with E-state index in [-0.39, 0.29) is 18.2 Å². The van der Waals surface area contributed by atoms with Crippen LogP contribution in [0, 0.1) is 22.7 Å². The van der Waals surface area contributed by atoms with Gasteiger partial charge in [-0.15, -0.1) is 22.7 Å². The van der Waals surface area contributed by atoms with Crippen molar-refractivity contribution in [1.82, 2.24) is 0 Å². The summed E-state index contributed by atoms with van der Waals surface area (Å²) in [6, 6.07) is 6.70. The van der Waals surface area contributed by atoms with Crippen molar-refractivity contribution in [3.63, 3.8) is 0 Å². The molecule has 2 aromatic heterocycles. The number of methoxy groups -OCH3 is 1. The zero-order valence-electron chi connectivity index (χ0n) is 12.7. The van der Waals surface area contributed by atoms with Crippen LogP contribution < -0.4 is 0 Å². The number of nitrogens with zero attached hydrogens (tertiary/aromatic N) is 2. The summed E-state index contributed by atoms with van der Waals surface area (Å²) in [5, 5.41) is 20.0. The lowest BCUT2D eigenvalue weighted by Gasteiger charge is -1.90. The number of halogens is 2. The van der Waals surface area contributed by atoms with Gasteiger partial charge in [-0.05, 0) is 12.1 Å². The van der Waals surface area contributed by atoms with Gasteiger partial charge in [-0.3, -0.25) is 4.79 Å². The lowest BCUT2D eigenvalue weighted by Crippen LogP contribution is -1.96. The minimum Gasteiger partial charge on any atom is -0.465 e. The van der Waals surface area contributed by atoms with Crippen LogP contribution in [0.5, 0.6) is 0 Å². The van der Waals surface area contributed by atoms with Crippen molar-refractivity contribution < 1.29 is 14.3 Å². The van der Waals surface area contributed by atoms with Gasteiger partial charge < -0.3 is 4.74 Å². The lowest BCUT2D eigenvalue weighted by molar-refractivity contribution is 0.0606. The highest BCUT2D eigenvalue weighted by Gasteiger charge is 2.07. The second kappa shape index (κ2) is 12.5. The Bertz CT molecular complexity index is 757. The third-order valence-electron chi connectivity index (χ3n) is 2.04. The van der Waals surface area contributed by atoms with Crippen LogP contribution in [-0.4, -0.2) is 18.9 Å². The average molecular weight is 403 g/mol. The Morgan fingerprint density at radius 1 is 1.12 bits per heavy atom. The maximum atomic E-state index is 11.0. The molecule has 0 radical (unpaired) electrons. The first-order valence-electron chi connectivity index (χ1n) is 6.16. The minimum atomic E-state index is -0.336. The zero-order chi connectivity index (χ0) is 18.5. The van der Waals surface area contributed by atoms with Crippen LogP contribution >= 0.6 is 45.9 Å². The van der Waals surface area contributed by atoms with Gasteiger partial charge in [0.2, 0.25) is 0 Å². The van der Waals surface area contributed by atoms with E-state index in [0.717, 1.165) is 0 Å². The highest BCUT2D eigenvalue weighted by molar-refractivity contribution is 7.12. The fourth-order valence-corrected chi connectivity index (χ4v) is 3.14. The van der Waals surface area contributed by atoms with Gasteiger partial charge >= 0.3 is 5.97 Å². The molecule has 0 amide bonds. The zero-order valence-corrected chi connectivity index (χ0v) is 15.9. The van der Waals surface area contributed by atoms with Gasteiger partial charge in [0.1, 0.15) is 4.88 Å². The quantitative estimate of drug-likeness (QED) is 0.518. The molecule has 0 unspecified atom stereocenters. The number of Topliss-reactive ketones (excluding diaryl/α,β-unsaturated/α-hetero) is 1. The monoisotopic (exact) mass is 402 g/mol. The first-order valence-corrected chi connectivity index (χ1v) is 8.68. The molecule has 2 heterocycles. The van der Waals surface area contributed by atoms with Crippen molar-refractivity contribution in [3.8, 4) is 12.1 Å². The molecule has 2 aromatic rings. The molecule has 0 aliphatic heterocycles. The molecule has 0 N–H and O–H groups in total. The number of hydrogen-bond acceptors (Lipinski definition) is 7. The fourth-order valence-electron chi connectivity index (χ4n) is 1.14. The van der Waals surface area contributed by atoms with Crippen LogP contribution in [0.4, 0.5) is 0 Å². The Labute approximate surface area is 157 Å². The SMILES string of the molecule is CC#N.COC(=O)c1cc(Cl)cs1.N#CCC(=O)c1cc(Cl)cs1. The molecule has 0 fully saturated rings. The summed E-state index contributed by atoms with van der Waals surface area (Å²) in [4.78, 5) is 22.8. The summed E-state index contributed by atoms with van der Waals surface area (Å²) in [6.45, 7) is 1.43. The third kappa shape index (κ3) is 8.66. The van der Waals surface area contributed by atoms with E-state index in [2.05, 4.69) is 4.74 Å². The van der Waals surface area contributed by atoms with Crippen LogP contribution in [0.2, 0.25) is 10.0 Å². The Morgan fingerprint density at radius 3 is 1.92 bits per heavy atom. The summed E-state index contributed by atoms with van der Waals surface area (Å²) in [7, 11) is 1.34. The summed E-state index contributed by atoms with van der Waals surface area (Å²) >= 11 is 13.7. The smallest absolute Gasteiger partial charge is 0.348 e. The highest BCUT2D eigenvalue weighted by Crippen LogP contribution is 2.20. The number of esters is 1. The summed E-state index contributed by atoms with van der Waals surface area (Å²) in [5.74, 6) is -0.499.